The van der Waals surface area contributed by atoms with E-state index in [1.54, 1.807) is 6.07 Å². The lowest BCUT2D eigenvalue weighted by atomic mass is 10.3. The molecule has 1 aliphatic rings. The molecule has 1 aromatic heterocycles. The molecule has 0 bridgehead atoms. The number of nitrogens with two attached hydrogens (primary N) is 1. The van der Waals surface area contributed by atoms with Crippen LogP contribution in [0.15, 0.2) is 18.2 Å². The van der Waals surface area contributed by atoms with Crippen molar-refractivity contribution in [3.8, 4) is 0 Å². The number of fused-ring (bicyclic) bond motifs is 1. The molecule has 1 saturated heterocycles. The predicted octanol–water partition coefficient (Wildman–Crippen LogP) is 0.978. The van der Waals surface area contributed by atoms with Gasteiger partial charge in [-0.1, -0.05) is 17.7 Å². The molecular weight excluding hydrogens is 264 g/mol. The first-order valence-electron chi connectivity index (χ1n) is 6.18. The molecule has 0 aliphatic carbocycles. The van der Waals surface area contributed by atoms with E-state index >= 15 is 0 Å². The molecule has 0 unspecified atom stereocenters. The quantitative estimate of drug-likeness (QED) is 0.561. The number of para-hydroxylation sites is 1. The Balaban J connectivity index is 2.12. The molecule has 3 rings (SSSR count). The number of nitrogens with zero attached hydrogens (tertiary/aromatic N) is 3. The summed E-state index contributed by atoms with van der Waals surface area (Å²) >= 11 is 6.13. The number of benzene rings is 1. The lowest BCUT2D eigenvalue weighted by Gasteiger charge is -2.29. The van der Waals surface area contributed by atoms with Gasteiger partial charge in [0.25, 0.3) is 0 Å². The summed E-state index contributed by atoms with van der Waals surface area (Å²) in [6.45, 7) is 3.63. The van der Waals surface area contributed by atoms with E-state index in [0.717, 1.165) is 37.5 Å². The second-order valence-corrected chi connectivity index (χ2v) is 4.79. The Morgan fingerprint density at radius 2 is 2.05 bits per heavy atom. The Kier molecular flexibility index (Phi) is 3.37. The summed E-state index contributed by atoms with van der Waals surface area (Å²) in [4.78, 5) is 11.3. The van der Waals surface area contributed by atoms with Gasteiger partial charge in [-0.2, -0.15) is 0 Å². The Morgan fingerprint density at radius 3 is 2.79 bits per heavy atom. The molecule has 6 nitrogen and oxygen atoms in total. The average Bonchev–Trinajstić information content (AvgIpc) is 2.47. The third-order valence-corrected chi connectivity index (χ3v) is 3.49. The van der Waals surface area contributed by atoms with E-state index in [1.807, 2.05) is 12.1 Å². The van der Waals surface area contributed by atoms with Crippen molar-refractivity contribution in [1.82, 2.24) is 15.3 Å². The Labute approximate surface area is 115 Å². The molecule has 7 heteroatoms. The summed E-state index contributed by atoms with van der Waals surface area (Å²) in [5.74, 6) is 6.90. The molecule has 0 saturated carbocycles. The van der Waals surface area contributed by atoms with Crippen LogP contribution in [0.3, 0.4) is 0 Å². The van der Waals surface area contributed by atoms with Crippen molar-refractivity contribution in [2.45, 2.75) is 0 Å². The fourth-order valence-corrected chi connectivity index (χ4v) is 2.44. The molecule has 0 amide bonds. The number of nitrogen functional groups attached to an aromatic ring is 1. The fraction of sp³-hybridized carbons (Fsp3) is 0.333. The summed E-state index contributed by atoms with van der Waals surface area (Å²) in [7, 11) is 0. The molecule has 19 heavy (non-hydrogen) atoms. The smallest absolute Gasteiger partial charge is 0.184 e. The molecule has 2 heterocycles. The number of hydrogen-bond donors (Lipinski definition) is 3. The first kappa shape index (κ1) is 12.4. The van der Waals surface area contributed by atoms with E-state index in [9.17, 15) is 0 Å². The maximum absolute atomic E-state index is 6.13. The molecule has 1 aliphatic heterocycles. The summed E-state index contributed by atoms with van der Waals surface area (Å²) in [6, 6.07) is 5.57. The summed E-state index contributed by atoms with van der Waals surface area (Å²) in [6.07, 6.45) is 0. The number of rotatable bonds is 2. The van der Waals surface area contributed by atoms with Crippen LogP contribution in [-0.4, -0.2) is 36.1 Å². The van der Waals surface area contributed by atoms with Gasteiger partial charge in [-0.15, -0.1) is 0 Å². The Hall–Kier alpha value is -1.63. The highest BCUT2D eigenvalue weighted by Gasteiger charge is 2.18. The van der Waals surface area contributed by atoms with Crippen LogP contribution in [-0.2, 0) is 0 Å². The molecule has 0 spiro atoms. The van der Waals surface area contributed by atoms with E-state index in [0.29, 0.717) is 16.4 Å². The maximum atomic E-state index is 6.13. The van der Waals surface area contributed by atoms with Crippen molar-refractivity contribution >= 4 is 34.3 Å². The minimum atomic E-state index is 0.558. The monoisotopic (exact) mass is 278 g/mol. The standard InChI is InChI=1S/C12H15ClN6/c13-8-2-1-3-9-10(8)17-11(18-14)12(16-9)19-6-4-15-5-7-19/h1-3,15H,4-7,14H2,(H,17,18). The second kappa shape index (κ2) is 5.16. The van der Waals surface area contributed by atoms with Crippen molar-refractivity contribution in [2.75, 3.05) is 36.5 Å². The molecule has 1 fully saturated rings. The first-order chi connectivity index (χ1) is 9.29. The number of piperazine rings is 1. The zero-order valence-electron chi connectivity index (χ0n) is 10.4. The van der Waals surface area contributed by atoms with Crippen LogP contribution in [0.25, 0.3) is 11.0 Å². The van der Waals surface area contributed by atoms with Gasteiger partial charge in [-0.25, -0.2) is 15.8 Å². The van der Waals surface area contributed by atoms with Gasteiger partial charge >= 0.3 is 0 Å². The number of aromatic nitrogens is 2. The topological polar surface area (TPSA) is 79.1 Å². The van der Waals surface area contributed by atoms with Crippen molar-refractivity contribution in [2.24, 2.45) is 5.84 Å². The minimum Gasteiger partial charge on any atom is -0.351 e. The van der Waals surface area contributed by atoms with Crippen LogP contribution in [0.1, 0.15) is 0 Å². The first-order valence-corrected chi connectivity index (χ1v) is 6.56. The van der Waals surface area contributed by atoms with Crippen LogP contribution in [0.5, 0.6) is 0 Å². The molecular formula is C12H15ClN6. The van der Waals surface area contributed by atoms with Crippen molar-refractivity contribution in [3.63, 3.8) is 0 Å². The van der Waals surface area contributed by atoms with Crippen LogP contribution in [0.2, 0.25) is 5.02 Å². The van der Waals surface area contributed by atoms with Gasteiger partial charge in [0.2, 0.25) is 0 Å². The van der Waals surface area contributed by atoms with E-state index in [1.165, 1.54) is 0 Å². The number of hydrogen-bond acceptors (Lipinski definition) is 6. The Morgan fingerprint density at radius 1 is 1.26 bits per heavy atom. The van der Waals surface area contributed by atoms with Crippen molar-refractivity contribution < 1.29 is 0 Å². The van der Waals surface area contributed by atoms with E-state index in [2.05, 4.69) is 25.6 Å². The number of halogens is 1. The van der Waals surface area contributed by atoms with Gasteiger partial charge in [0.1, 0.15) is 5.52 Å². The summed E-state index contributed by atoms with van der Waals surface area (Å²) in [5.41, 5.74) is 4.06. The van der Waals surface area contributed by atoms with Crippen molar-refractivity contribution in [3.05, 3.63) is 23.2 Å². The van der Waals surface area contributed by atoms with E-state index in [-0.39, 0.29) is 0 Å². The lowest BCUT2D eigenvalue weighted by molar-refractivity contribution is 0.585. The molecule has 1 aromatic carbocycles. The van der Waals surface area contributed by atoms with Crippen LogP contribution in [0, 0.1) is 0 Å². The maximum Gasteiger partial charge on any atom is 0.184 e. The van der Waals surface area contributed by atoms with Gasteiger partial charge in [0, 0.05) is 26.2 Å². The lowest BCUT2D eigenvalue weighted by Crippen LogP contribution is -2.44. The average molecular weight is 279 g/mol. The summed E-state index contributed by atoms with van der Waals surface area (Å²) < 4.78 is 0. The van der Waals surface area contributed by atoms with E-state index < -0.39 is 0 Å². The zero-order valence-corrected chi connectivity index (χ0v) is 11.1. The van der Waals surface area contributed by atoms with Crippen molar-refractivity contribution in [1.29, 1.82) is 0 Å². The van der Waals surface area contributed by atoms with Gasteiger partial charge in [0.05, 0.1) is 10.5 Å². The highest BCUT2D eigenvalue weighted by atomic mass is 35.5. The Bertz CT molecular complexity index is 596. The zero-order chi connectivity index (χ0) is 13.2. The van der Waals surface area contributed by atoms with Gasteiger partial charge in [0.15, 0.2) is 11.6 Å². The van der Waals surface area contributed by atoms with Gasteiger partial charge < -0.3 is 15.6 Å². The third kappa shape index (κ3) is 2.30. The molecule has 0 radical (unpaired) electrons. The van der Waals surface area contributed by atoms with Crippen LogP contribution >= 0.6 is 11.6 Å². The molecule has 2 aromatic rings. The SMILES string of the molecule is NNc1nc2c(Cl)cccc2nc1N1CCNCC1. The van der Waals surface area contributed by atoms with Gasteiger partial charge in [-0.05, 0) is 12.1 Å². The molecule has 0 atom stereocenters. The third-order valence-electron chi connectivity index (χ3n) is 3.18. The second-order valence-electron chi connectivity index (χ2n) is 4.38. The highest BCUT2D eigenvalue weighted by Crippen LogP contribution is 2.27. The van der Waals surface area contributed by atoms with E-state index in [4.69, 9.17) is 17.4 Å². The molecule has 100 valence electrons. The largest absolute Gasteiger partial charge is 0.351 e. The van der Waals surface area contributed by atoms with Gasteiger partial charge in [-0.3, -0.25) is 0 Å². The fourth-order valence-electron chi connectivity index (χ4n) is 2.23. The minimum absolute atomic E-state index is 0.558. The predicted molar refractivity (Wildman–Crippen MR) is 77.4 cm³/mol. The summed E-state index contributed by atoms with van der Waals surface area (Å²) in [5, 5.41) is 3.88. The highest BCUT2D eigenvalue weighted by molar-refractivity contribution is 6.34. The van der Waals surface area contributed by atoms with Crippen LogP contribution in [0.4, 0.5) is 11.6 Å². The number of anilines is 2. The number of hydrazine groups is 1. The molecule has 4 N–H and O–H groups in total. The van der Waals surface area contributed by atoms with Crippen LogP contribution < -0.4 is 21.5 Å². The normalized spacial score (nSPS) is 15.8. The number of nitrogens with one attached hydrogen (secondary N) is 2.